The van der Waals surface area contributed by atoms with E-state index >= 15 is 0 Å². The number of carbonyl (C=O) groups excluding carboxylic acids is 1. The van der Waals surface area contributed by atoms with Gasteiger partial charge in [-0.25, -0.2) is 4.39 Å². The van der Waals surface area contributed by atoms with Crippen LogP contribution in [0.3, 0.4) is 0 Å². The van der Waals surface area contributed by atoms with E-state index in [1.807, 2.05) is 0 Å². The molecular formula is C20H22FNO4. The highest BCUT2D eigenvalue weighted by Crippen LogP contribution is 2.35. The number of hydrogen-bond acceptors (Lipinski definition) is 4. The average Bonchev–Trinajstić information content (AvgIpc) is 2.66. The van der Waals surface area contributed by atoms with Crippen LogP contribution >= 0.6 is 0 Å². The fourth-order valence-electron chi connectivity index (χ4n) is 2.43. The molecule has 0 heterocycles. The third-order valence-electron chi connectivity index (χ3n) is 3.88. The van der Waals surface area contributed by atoms with Crippen molar-refractivity contribution in [3.8, 4) is 17.2 Å². The summed E-state index contributed by atoms with van der Waals surface area (Å²) >= 11 is 0. The normalized spacial score (nSPS) is 10.7. The molecular weight excluding hydrogens is 337 g/mol. The molecule has 2 aromatic carbocycles. The zero-order valence-electron chi connectivity index (χ0n) is 15.3. The Morgan fingerprint density at radius 1 is 1.04 bits per heavy atom. The van der Waals surface area contributed by atoms with Gasteiger partial charge in [0.05, 0.1) is 21.3 Å². The van der Waals surface area contributed by atoms with Crippen molar-refractivity contribution in [2.24, 2.45) is 0 Å². The number of nitrogens with zero attached hydrogens (tertiary/aromatic N) is 1. The van der Waals surface area contributed by atoms with Crippen LogP contribution in [-0.4, -0.2) is 39.2 Å². The first-order valence-electron chi connectivity index (χ1n) is 7.96. The zero-order chi connectivity index (χ0) is 19.1. The van der Waals surface area contributed by atoms with E-state index in [1.165, 1.54) is 38.4 Å². The Morgan fingerprint density at radius 3 is 2.27 bits per heavy atom. The second-order valence-electron chi connectivity index (χ2n) is 5.57. The van der Waals surface area contributed by atoms with E-state index in [-0.39, 0.29) is 18.3 Å². The maximum absolute atomic E-state index is 13.7. The molecule has 1 amide bonds. The quantitative estimate of drug-likeness (QED) is 0.710. The largest absolute Gasteiger partial charge is 0.496 e. The number of methoxy groups -OCH3 is 3. The van der Waals surface area contributed by atoms with E-state index in [0.29, 0.717) is 28.4 Å². The van der Waals surface area contributed by atoms with E-state index in [4.69, 9.17) is 14.2 Å². The monoisotopic (exact) mass is 359 g/mol. The van der Waals surface area contributed by atoms with Crippen molar-refractivity contribution in [3.05, 3.63) is 59.4 Å². The molecule has 0 aliphatic carbocycles. The van der Waals surface area contributed by atoms with Crippen LogP contribution in [0.5, 0.6) is 17.2 Å². The fourth-order valence-corrected chi connectivity index (χ4v) is 2.43. The predicted octanol–water partition coefficient (Wildman–Crippen LogP) is 3.52. The fraction of sp³-hybridized carbons (Fsp3) is 0.250. The molecule has 0 spiro atoms. The molecule has 6 heteroatoms. The Hall–Kier alpha value is -3.02. The number of ether oxygens (including phenoxy) is 3. The number of rotatable bonds is 7. The number of carbonyl (C=O) groups is 1. The van der Waals surface area contributed by atoms with Crippen LogP contribution in [-0.2, 0) is 11.3 Å². The van der Waals surface area contributed by atoms with Gasteiger partial charge in [0.25, 0.3) is 0 Å². The summed E-state index contributed by atoms with van der Waals surface area (Å²) in [7, 11) is 6.22. The molecule has 0 radical (unpaired) electrons. The molecule has 0 fully saturated rings. The number of hydrogen-bond donors (Lipinski definition) is 0. The van der Waals surface area contributed by atoms with Gasteiger partial charge in [0.2, 0.25) is 5.91 Å². The second-order valence-corrected chi connectivity index (χ2v) is 5.57. The Bertz CT molecular complexity index is 804. The summed E-state index contributed by atoms with van der Waals surface area (Å²) in [5.41, 5.74) is 1.12. The summed E-state index contributed by atoms with van der Waals surface area (Å²) < 4.78 is 29.6. The van der Waals surface area contributed by atoms with Crippen molar-refractivity contribution in [3.63, 3.8) is 0 Å². The van der Waals surface area contributed by atoms with Crippen molar-refractivity contribution >= 4 is 12.0 Å². The van der Waals surface area contributed by atoms with Gasteiger partial charge in [0, 0.05) is 36.9 Å². The molecule has 0 aliphatic heterocycles. The minimum Gasteiger partial charge on any atom is -0.496 e. The van der Waals surface area contributed by atoms with Crippen molar-refractivity contribution < 1.29 is 23.4 Å². The van der Waals surface area contributed by atoms with Crippen LogP contribution in [0.1, 0.15) is 11.1 Å². The lowest BCUT2D eigenvalue weighted by atomic mass is 10.1. The van der Waals surface area contributed by atoms with Gasteiger partial charge < -0.3 is 19.1 Å². The smallest absolute Gasteiger partial charge is 0.246 e. The van der Waals surface area contributed by atoms with Crippen LogP contribution in [0.2, 0.25) is 0 Å². The summed E-state index contributed by atoms with van der Waals surface area (Å²) in [5.74, 6) is 1.01. The van der Waals surface area contributed by atoms with Gasteiger partial charge in [-0.3, -0.25) is 4.79 Å². The highest BCUT2D eigenvalue weighted by molar-refractivity contribution is 5.92. The molecule has 0 bridgehead atoms. The first-order valence-corrected chi connectivity index (χ1v) is 7.96. The molecule has 0 N–H and O–H groups in total. The maximum atomic E-state index is 13.7. The first kappa shape index (κ1) is 19.3. The Balaban J connectivity index is 2.17. The Labute approximate surface area is 152 Å². The maximum Gasteiger partial charge on any atom is 0.246 e. The molecule has 26 heavy (non-hydrogen) atoms. The standard InChI is InChI=1S/C20H22FNO4/c1-22(13-15-7-5-6-8-16(15)21)20(23)10-9-14-11-18(25-3)19(26-4)12-17(14)24-2/h5-12H,13H2,1-4H3/b10-9+. The van der Waals surface area contributed by atoms with E-state index in [9.17, 15) is 9.18 Å². The van der Waals surface area contributed by atoms with Crippen molar-refractivity contribution in [2.45, 2.75) is 6.54 Å². The van der Waals surface area contributed by atoms with Gasteiger partial charge in [-0.15, -0.1) is 0 Å². The van der Waals surface area contributed by atoms with Crippen LogP contribution in [0.15, 0.2) is 42.5 Å². The summed E-state index contributed by atoms with van der Waals surface area (Å²) in [4.78, 5) is 13.8. The minimum absolute atomic E-state index is 0.179. The molecule has 0 atom stereocenters. The van der Waals surface area contributed by atoms with Crippen molar-refractivity contribution in [2.75, 3.05) is 28.4 Å². The van der Waals surface area contributed by atoms with E-state index < -0.39 is 0 Å². The average molecular weight is 359 g/mol. The van der Waals surface area contributed by atoms with Crippen molar-refractivity contribution in [1.29, 1.82) is 0 Å². The molecule has 2 aromatic rings. The third-order valence-corrected chi connectivity index (χ3v) is 3.88. The highest BCUT2D eigenvalue weighted by atomic mass is 19.1. The van der Waals surface area contributed by atoms with Crippen LogP contribution in [0.4, 0.5) is 4.39 Å². The minimum atomic E-state index is -0.335. The van der Waals surface area contributed by atoms with E-state index in [0.717, 1.165) is 0 Å². The highest BCUT2D eigenvalue weighted by Gasteiger charge is 2.12. The van der Waals surface area contributed by atoms with Gasteiger partial charge in [-0.2, -0.15) is 0 Å². The Morgan fingerprint density at radius 2 is 1.65 bits per heavy atom. The summed E-state index contributed by atoms with van der Waals surface area (Å²) in [6, 6.07) is 9.79. The first-order chi connectivity index (χ1) is 12.5. The van der Waals surface area contributed by atoms with Crippen LogP contribution < -0.4 is 14.2 Å². The number of halogens is 1. The van der Waals surface area contributed by atoms with Crippen molar-refractivity contribution in [1.82, 2.24) is 4.90 Å². The molecule has 138 valence electrons. The second kappa shape index (κ2) is 8.89. The number of amides is 1. The zero-order valence-corrected chi connectivity index (χ0v) is 15.3. The number of likely N-dealkylation sites (N-methyl/N-ethyl adjacent to an activating group) is 1. The molecule has 5 nitrogen and oxygen atoms in total. The van der Waals surface area contributed by atoms with Crippen LogP contribution in [0, 0.1) is 5.82 Å². The topological polar surface area (TPSA) is 48.0 Å². The van der Waals surface area contributed by atoms with E-state index in [1.54, 1.807) is 43.5 Å². The van der Waals surface area contributed by atoms with Gasteiger partial charge in [0.1, 0.15) is 11.6 Å². The van der Waals surface area contributed by atoms with Gasteiger partial charge in [-0.1, -0.05) is 18.2 Å². The summed E-state index contributed by atoms with van der Waals surface area (Å²) in [6.45, 7) is 0.179. The molecule has 0 saturated heterocycles. The lowest BCUT2D eigenvalue weighted by Gasteiger charge is -2.16. The van der Waals surface area contributed by atoms with Crippen LogP contribution in [0.25, 0.3) is 6.08 Å². The lowest BCUT2D eigenvalue weighted by Crippen LogP contribution is -2.24. The predicted molar refractivity (Wildman–Crippen MR) is 98.0 cm³/mol. The summed E-state index contributed by atoms with van der Waals surface area (Å²) in [5, 5.41) is 0. The van der Waals surface area contributed by atoms with Gasteiger partial charge in [0.15, 0.2) is 11.5 Å². The molecule has 0 saturated carbocycles. The molecule has 0 aliphatic rings. The van der Waals surface area contributed by atoms with Gasteiger partial charge >= 0.3 is 0 Å². The molecule has 0 unspecified atom stereocenters. The SMILES string of the molecule is COc1cc(OC)c(OC)cc1/C=C/C(=O)N(C)Cc1ccccc1F. The number of benzene rings is 2. The Kier molecular flexibility index (Phi) is 6.60. The summed E-state index contributed by atoms with van der Waals surface area (Å²) in [6.07, 6.45) is 3.03. The van der Waals surface area contributed by atoms with E-state index in [2.05, 4.69) is 0 Å². The van der Waals surface area contributed by atoms with Gasteiger partial charge in [-0.05, 0) is 18.2 Å². The molecule has 2 rings (SSSR count). The third kappa shape index (κ3) is 4.53. The lowest BCUT2D eigenvalue weighted by molar-refractivity contribution is -0.125. The molecule has 0 aromatic heterocycles.